The van der Waals surface area contributed by atoms with Crippen LogP contribution < -0.4 is 5.73 Å². The Morgan fingerprint density at radius 2 is 1.73 bits per heavy atom. The molecule has 11 heavy (non-hydrogen) atoms. The molecule has 0 radical (unpaired) electrons. The van der Waals surface area contributed by atoms with Crippen LogP contribution in [0.2, 0.25) is 0 Å². The molecule has 0 atom stereocenters. The van der Waals surface area contributed by atoms with Gasteiger partial charge in [0.05, 0.1) is 0 Å². The van der Waals surface area contributed by atoms with E-state index in [2.05, 4.69) is 30.3 Å². The van der Waals surface area contributed by atoms with Gasteiger partial charge in [-0.2, -0.15) is 0 Å². The first kappa shape index (κ1) is 6.86. The molecule has 1 heteroatoms. The molecule has 1 saturated carbocycles. The summed E-state index contributed by atoms with van der Waals surface area (Å²) in [7, 11) is 0. The molecule has 0 aliphatic heterocycles. The van der Waals surface area contributed by atoms with Crippen molar-refractivity contribution in [3.8, 4) is 0 Å². The zero-order valence-electron chi connectivity index (χ0n) is 6.53. The topological polar surface area (TPSA) is 26.0 Å². The second-order valence-corrected chi connectivity index (χ2v) is 3.34. The Hall–Kier alpha value is -0.820. The quantitative estimate of drug-likeness (QED) is 0.645. The van der Waals surface area contributed by atoms with Gasteiger partial charge in [-0.25, -0.2) is 0 Å². The fourth-order valence-electron chi connectivity index (χ4n) is 1.66. The van der Waals surface area contributed by atoms with Crippen molar-refractivity contribution in [2.45, 2.75) is 24.8 Å². The van der Waals surface area contributed by atoms with Crippen molar-refractivity contribution >= 4 is 0 Å². The monoisotopic (exact) mass is 147 g/mol. The zero-order chi connectivity index (χ0) is 7.68. The molecule has 0 unspecified atom stereocenters. The third-order valence-corrected chi connectivity index (χ3v) is 2.45. The summed E-state index contributed by atoms with van der Waals surface area (Å²) in [5, 5.41) is 0. The second kappa shape index (κ2) is 2.67. The van der Waals surface area contributed by atoms with Gasteiger partial charge in [0.1, 0.15) is 0 Å². The summed E-state index contributed by atoms with van der Waals surface area (Å²) in [5.74, 6) is 0.742. The van der Waals surface area contributed by atoms with Crippen LogP contribution in [0.1, 0.15) is 24.3 Å². The van der Waals surface area contributed by atoms with Crippen molar-refractivity contribution in [1.29, 1.82) is 0 Å². The van der Waals surface area contributed by atoms with E-state index >= 15 is 0 Å². The maximum absolute atomic E-state index is 5.71. The van der Waals surface area contributed by atoms with E-state index in [1.165, 1.54) is 18.4 Å². The van der Waals surface area contributed by atoms with Crippen molar-refractivity contribution in [3.05, 3.63) is 35.9 Å². The summed E-state index contributed by atoms with van der Waals surface area (Å²) < 4.78 is 0. The highest BCUT2D eigenvalue weighted by molar-refractivity contribution is 5.22. The number of nitrogens with two attached hydrogens (primary N) is 1. The van der Waals surface area contributed by atoms with Crippen LogP contribution in [0.5, 0.6) is 0 Å². The maximum atomic E-state index is 5.71. The predicted molar refractivity (Wildman–Crippen MR) is 46.4 cm³/mol. The van der Waals surface area contributed by atoms with Crippen LogP contribution in [0.15, 0.2) is 30.3 Å². The van der Waals surface area contributed by atoms with E-state index in [9.17, 15) is 0 Å². The summed E-state index contributed by atoms with van der Waals surface area (Å²) in [4.78, 5) is 0. The lowest BCUT2D eigenvalue weighted by atomic mass is 9.76. The Morgan fingerprint density at radius 1 is 1.09 bits per heavy atom. The maximum Gasteiger partial charge on any atom is 0.00504 e. The average Bonchev–Trinajstić information content (AvgIpc) is 2.01. The highest BCUT2D eigenvalue weighted by Crippen LogP contribution is 2.35. The van der Waals surface area contributed by atoms with Gasteiger partial charge in [-0.05, 0) is 24.3 Å². The van der Waals surface area contributed by atoms with Crippen LogP contribution in [-0.2, 0) is 0 Å². The number of hydrogen-bond acceptors (Lipinski definition) is 1. The van der Waals surface area contributed by atoms with Gasteiger partial charge in [0, 0.05) is 6.04 Å². The molecule has 1 aromatic carbocycles. The highest BCUT2D eigenvalue weighted by Gasteiger charge is 2.26. The highest BCUT2D eigenvalue weighted by atomic mass is 14.7. The molecule has 0 heterocycles. The van der Waals surface area contributed by atoms with E-state index in [-0.39, 0.29) is 0 Å². The largest absolute Gasteiger partial charge is 0.328 e. The Kier molecular flexibility index (Phi) is 1.66. The first-order valence-electron chi connectivity index (χ1n) is 4.17. The second-order valence-electron chi connectivity index (χ2n) is 3.34. The van der Waals surface area contributed by atoms with Gasteiger partial charge in [-0.1, -0.05) is 30.3 Å². The van der Waals surface area contributed by atoms with Crippen LogP contribution >= 0.6 is 0 Å². The molecule has 1 aliphatic rings. The molecule has 0 aromatic heterocycles. The summed E-state index contributed by atoms with van der Waals surface area (Å²) >= 11 is 0. The molecule has 1 aliphatic carbocycles. The van der Waals surface area contributed by atoms with E-state index in [1.54, 1.807) is 0 Å². The fourth-order valence-corrected chi connectivity index (χ4v) is 1.66. The Labute approximate surface area is 67.2 Å². The molecule has 1 fully saturated rings. The lowest BCUT2D eigenvalue weighted by Crippen LogP contribution is -2.34. The normalized spacial score (nSPS) is 29.5. The standard InChI is InChI=1S/C10H13N/c11-10-6-9(7-10)8-4-2-1-3-5-8/h1-5,9-10H,6-7,11H2. The fraction of sp³-hybridized carbons (Fsp3) is 0.400. The Balaban J connectivity index is 2.08. The molecular formula is C10H13N. The smallest absolute Gasteiger partial charge is 0.00504 e. The van der Waals surface area contributed by atoms with Gasteiger partial charge in [0.2, 0.25) is 0 Å². The van der Waals surface area contributed by atoms with Gasteiger partial charge >= 0.3 is 0 Å². The molecule has 1 nitrogen and oxygen atoms in total. The van der Waals surface area contributed by atoms with Crippen molar-refractivity contribution < 1.29 is 0 Å². The van der Waals surface area contributed by atoms with E-state index in [0.717, 1.165) is 5.92 Å². The number of hydrogen-bond donors (Lipinski definition) is 1. The molecule has 2 N–H and O–H groups in total. The molecule has 58 valence electrons. The Morgan fingerprint density at radius 3 is 2.27 bits per heavy atom. The lowest BCUT2D eigenvalue weighted by molar-refractivity contribution is 0.351. The first-order chi connectivity index (χ1) is 5.36. The van der Waals surface area contributed by atoms with E-state index < -0.39 is 0 Å². The summed E-state index contributed by atoms with van der Waals surface area (Å²) in [6.07, 6.45) is 2.34. The minimum Gasteiger partial charge on any atom is -0.328 e. The van der Waals surface area contributed by atoms with Crippen molar-refractivity contribution in [3.63, 3.8) is 0 Å². The molecule has 0 amide bonds. The molecule has 0 saturated heterocycles. The zero-order valence-corrected chi connectivity index (χ0v) is 6.53. The van der Waals surface area contributed by atoms with Crippen molar-refractivity contribution in [1.82, 2.24) is 0 Å². The summed E-state index contributed by atoms with van der Waals surface area (Å²) in [5.41, 5.74) is 7.16. The molecule has 0 spiro atoms. The van der Waals surface area contributed by atoms with Crippen LogP contribution in [-0.4, -0.2) is 6.04 Å². The lowest BCUT2D eigenvalue weighted by Gasteiger charge is -2.32. The summed E-state index contributed by atoms with van der Waals surface area (Å²) in [6, 6.07) is 11.1. The van der Waals surface area contributed by atoms with Crippen LogP contribution in [0.3, 0.4) is 0 Å². The average molecular weight is 147 g/mol. The molecular weight excluding hydrogens is 134 g/mol. The Bertz CT molecular complexity index is 224. The number of rotatable bonds is 1. The molecule has 0 bridgehead atoms. The van der Waals surface area contributed by atoms with E-state index in [0.29, 0.717) is 6.04 Å². The molecule has 1 aromatic rings. The third kappa shape index (κ3) is 1.29. The number of benzene rings is 1. The van der Waals surface area contributed by atoms with Crippen LogP contribution in [0.25, 0.3) is 0 Å². The van der Waals surface area contributed by atoms with Gasteiger partial charge in [0.25, 0.3) is 0 Å². The van der Waals surface area contributed by atoms with E-state index in [4.69, 9.17) is 5.73 Å². The van der Waals surface area contributed by atoms with Gasteiger partial charge < -0.3 is 5.73 Å². The minimum atomic E-state index is 0.459. The SMILES string of the molecule is NC1CC(c2ccccc2)C1. The van der Waals surface area contributed by atoms with Crippen LogP contribution in [0, 0.1) is 0 Å². The van der Waals surface area contributed by atoms with E-state index in [1.807, 2.05) is 0 Å². The van der Waals surface area contributed by atoms with Gasteiger partial charge in [0.15, 0.2) is 0 Å². The van der Waals surface area contributed by atoms with Crippen LogP contribution in [0.4, 0.5) is 0 Å². The first-order valence-corrected chi connectivity index (χ1v) is 4.17. The van der Waals surface area contributed by atoms with Gasteiger partial charge in [-0.3, -0.25) is 0 Å². The van der Waals surface area contributed by atoms with Crippen molar-refractivity contribution in [2.24, 2.45) is 5.73 Å². The van der Waals surface area contributed by atoms with Gasteiger partial charge in [-0.15, -0.1) is 0 Å². The molecule has 2 rings (SSSR count). The van der Waals surface area contributed by atoms with Crippen molar-refractivity contribution in [2.75, 3.05) is 0 Å². The minimum absolute atomic E-state index is 0.459. The third-order valence-electron chi connectivity index (χ3n) is 2.45. The predicted octanol–water partition coefficient (Wildman–Crippen LogP) is 1.89. The summed E-state index contributed by atoms with van der Waals surface area (Å²) in [6.45, 7) is 0.